The van der Waals surface area contributed by atoms with Gasteiger partial charge >= 0.3 is 5.97 Å². The molecule has 0 saturated carbocycles. The van der Waals surface area contributed by atoms with E-state index in [1.807, 2.05) is 0 Å². The molecule has 3 atom stereocenters. The first kappa shape index (κ1) is 24.1. The number of hydrogen-bond donors (Lipinski definition) is 3. The average Bonchev–Trinajstić information content (AvgIpc) is 3.16. The van der Waals surface area contributed by atoms with Crippen LogP contribution in [0.3, 0.4) is 0 Å². The Morgan fingerprint density at radius 2 is 1.90 bits per heavy atom. The van der Waals surface area contributed by atoms with Crippen LogP contribution in [-0.4, -0.2) is 57.8 Å². The molecule has 2 rings (SSSR count). The van der Waals surface area contributed by atoms with Gasteiger partial charge in [-0.15, -0.1) is 0 Å². The van der Waals surface area contributed by atoms with Crippen molar-refractivity contribution in [2.45, 2.75) is 64.6 Å². The zero-order chi connectivity index (χ0) is 22.5. The molecule has 0 aromatic heterocycles. The summed E-state index contributed by atoms with van der Waals surface area (Å²) in [4.78, 5) is 40.0. The van der Waals surface area contributed by atoms with Crippen molar-refractivity contribution in [1.82, 2.24) is 10.2 Å². The van der Waals surface area contributed by atoms with Crippen LogP contribution in [0.25, 0.3) is 0 Å². The predicted octanol–water partition coefficient (Wildman–Crippen LogP) is 2.32. The maximum atomic E-state index is 13.0. The fraction of sp³-hybridized carbons (Fsp3) is 0.591. The molecule has 0 spiro atoms. The molecule has 0 radical (unpaired) electrons. The van der Waals surface area contributed by atoms with E-state index in [2.05, 4.69) is 17.9 Å². The summed E-state index contributed by atoms with van der Waals surface area (Å²) in [6.07, 6.45) is 1.50. The topological polar surface area (TPSA) is 95.9 Å². The number of rotatable bonds is 7. The van der Waals surface area contributed by atoms with Crippen molar-refractivity contribution in [1.29, 1.82) is 0 Å². The number of carbonyl (C=O) groups is 3. The molecule has 166 valence electrons. The largest absolute Gasteiger partial charge is 0.508 e. The fourth-order valence-corrected chi connectivity index (χ4v) is 3.52. The minimum Gasteiger partial charge on any atom is -0.508 e. The van der Waals surface area contributed by atoms with E-state index in [0.717, 1.165) is 12.0 Å². The summed E-state index contributed by atoms with van der Waals surface area (Å²) < 4.78 is 5.50. The van der Waals surface area contributed by atoms with Crippen molar-refractivity contribution in [2.75, 3.05) is 12.3 Å². The number of benzene rings is 1. The maximum absolute atomic E-state index is 13.0. The van der Waals surface area contributed by atoms with Crippen molar-refractivity contribution in [2.24, 2.45) is 5.92 Å². The van der Waals surface area contributed by atoms with Crippen molar-refractivity contribution in [3.63, 3.8) is 0 Å². The van der Waals surface area contributed by atoms with Gasteiger partial charge in [0.1, 0.15) is 23.4 Å². The van der Waals surface area contributed by atoms with Gasteiger partial charge in [-0.1, -0.05) is 19.1 Å². The highest BCUT2D eigenvalue weighted by Crippen LogP contribution is 2.21. The quantitative estimate of drug-likeness (QED) is 0.450. The number of amides is 2. The van der Waals surface area contributed by atoms with Crippen LogP contribution in [0.4, 0.5) is 0 Å². The summed E-state index contributed by atoms with van der Waals surface area (Å²) in [5.41, 5.74) is 0.0684. The summed E-state index contributed by atoms with van der Waals surface area (Å²) in [5.74, 6) is -0.749. The highest BCUT2D eigenvalue weighted by Gasteiger charge is 2.37. The molecule has 7 nitrogen and oxygen atoms in total. The number of esters is 1. The number of ether oxygens (including phenoxy) is 1. The summed E-state index contributed by atoms with van der Waals surface area (Å²) in [5, 5.41) is 12.3. The molecule has 1 aromatic carbocycles. The Hall–Kier alpha value is -2.22. The molecule has 2 N–H and O–H groups in total. The van der Waals surface area contributed by atoms with Crippen molar-refractivity contribution in [3.8, 4) is 5.75 Å². The van der Waals surface area contributed by atoms with Gasteiger partial charge in [0, 0.05) is 24.6 Å². The van der Waals surface area contributed by atoms with Crippen molar-refractivity contribution in [3.05, 3.63) is 29.8 Å². The molecule has 1 heterocycles. The molecule has 2 amide bonds. The van der Waals surface area contributed by atoms with Gasteiger partial charge in [-0.25, -0.2) is 4.79 Å². The van der Waals surface area contributed by atoms with Gasteiger partial charge < -0.3 is 20.1 Å². The molecular formula is C22H32N2O5S. The number of phenols is 1. The van der Waals surface area contributed by atoms with Gasteiger partial charge in [0.05, 0.1) is 0 Å². The van der Waals surface area contributed by atoms with E-state index in [0.29, 0.717) is 18.7 Å². The lowest BCUT2D eigenvalue weighted by Crippen LogP contribution is -2.53. The van der Waals surface area contributed by atoms with Gasteiger partial charge in [0.2, 0.25) is 11.8 Å². The Bertz CT molecular complexity index is 760. The zero-order valence-corrected chi connectivity index (χ0v) is 18.9. The van der Waals surface area contributed by atoms with Gasteiger partial charge in [-0.2, -0.15) is 12.6 Å². The molecular weight excluding hydrogens is 404 g/mol. The Balaban J connectivity index is 2.17. The number of phenolic OH excluding ortho intramolecular Hbond substituents is 1. The highest BCUT2D eigenvalue weighted by molar-refractivity contribution is 7.80. The van der Waals surface area contributed by atoms with Crippen LogP contribution in [-0.2, 0) is 25.5 Å². The first-order chi connectivity index (χ1) is 14.0. The normalized spacial score (nSPS) is 18.6. The number of nitrogens with zero attached hydrogens (tertiary/aromatic N) is 1. The Morgan fingerprint density at radius 1 is 1.27 bits per heavy atom. The molecule has 1 aliphatic rings. The molecule has 1 fully saturated rings. The lowest BCUT2D eigenvalue weighted by atomic mass is 10.0. The van der Waals surface area contributed by atoms with Crippen molar-refractivity contribution < 1.29 is 24.2 Å². The number of carbonyl (C=O) groups excluding carboxylic acids is 3. The van der Waals surface area contributed by atoms with Gasteiger partial charge in [-0.05, 0) is 51.3 Å². The minimum atomic E-state index is -0.902. The van der Waals surface area contributed by atoms with Crippen molar-refractivity contribution >= 4 is 30.4 Å². The average molecular weight is 437 g/mol. The number of hydrogen-bond acceptors (Lipinski definition) is 6. The number of aromatic hydroxyl groups is 1. The van der Waals surface area contributed by atoms with E-state index in [-0.39, 0.29) is 29.9 Å². The van der Waals surface area contributed by atoms with Gasteiger partial charge in [0.25, 0.3) is 0 Å². The number of thiol groups is 1. The second kappa shape index (κ2) is 10.2. The molecule has 8 heteroatoms. The van der Waals surface area contributed by atoms with Gasteiger partial charge in [-0.3, -0.25) is 9.59 Å². The van der Waals surface area contributed by atoms with Crippen LogP contribution < -0.4 is 5.32 Å². The van der Waals surface area contributed by atoms with E-state index in [1.165, 1.54) is 12.1 Å². The summed E-state index contributed by atoms with van der Waals surface area (Å²) in [7, 11) is 0. The van der Waals surface area contributed by atoms with E-state index in [4.69, 9.17) is 4.74 Å². The standard InChI is InChI=1S/C22H32N2O5S/c1-14(13-30)20(27)24-11-5-6-18(24)19(26)23-17(21(28)29-22(2,3)4)12-15-7-9-16(25)10-8-15/h7-10,14,17-18,25,30H,5-6,11-13H2,1-4H3,(H,23,26)/t14?,17-,18-/m0/s1. The maximum Gasteiger partial charge on any atom is 0.329 e. The third kappa shape index (κ3) is 6.65. The second-order valence-electron chi connectivity index (χ2n) is 8.74. The van der Waals surface area contributed by atoms with Crippen LogP contribution in [0, 0.1) is 5.92 Å². The second-order valence-corrected chi connectivity index (χ2v) is 9.10. The number of likely N-dealkylation sites (tertiary alicyclic amines) is 1. The summed E-state index contributed by atoms with van der Waals surface area (Å²) >= 11 is 4.19. The van der Waals surface area contributed by atoms with E-state index < -0.39 is 23.7 Å². The predicted molar refractivity (Wildman–Crippen MR) is 117 cm³/mol. The van der Waals surface area contributed by atoms with E-state index in [9.17, 15) is 19.5 Å². The SMILES string of the molecule is CC(CS)C(=O)N1CCC[C@H]1C(=O)N[C@@H](Cc1ccc(O)cc1)C(=O)OC(C)(C)C. The van der Waals surface area contributed by atoms with Crippen LogP contribution in [0.2, 0.25) is 0 Å². The Kier molecular flexibility index (Phi) is 8.18. The van der Waals surface area contributed by atoms with Gasteiger partial charge in [0.15, 0.2) is 0 Å². The van der Waals surface area contributed by atoms with Crippen LogP contribution >= 0.6 is 12.6 Å². The summed E-state index contributed by atoms with van der Waals surface area (Å²) in [6, 6.07) is 4.93. The molecule has 1 unspecified atom stereocenters. The number of nitrogens with one attached hydrogen (secondary N) is 1. The van der Waals surface area contributed by atoms with Crippen LogP contribution in [0.5, 0.6) is 5.75 Å². The zero-order valence-electron chi connectivity index (χ0n) is 18.1. The van der Waals surface area contributed by atoms with Crippen LogP contribution in [0.15, 0.2) is 24.3 Å². The fourth-order valence-electron chi connectivity index (χ4n) is 3.37. The third-order valence-corrected chi connectivity index (χ3v) is 5.47. The Morgan fingerprint density at radius 3 is 2.47 bits per heavy atom. The molecule has 0 aliphatic carbocycles. The highest BCUT2D eigenvalue weighted by atomic mass is 32.1. The van der Waals surface area contributed by atoms with E-state index in [1.54, 1.807) is 44.7 Å². The molecule has 1 saturated heterocycles. The molecule has 30 heavy (non-hydrogen) atoms. The lowest BCUT2D eigenvalue weighted by molar-refractivity contribution is -0.159. The molecule has 1 aromatic rings. The lowest BCUT2D eigenvalue weighted by Gasteiger charge is -2.29. The first-order valence-electron chi connectivity index (χ1n) is 10.2. The first-order valence-corrected chi connectivity index (χ1v) is 10.9. The minimum absolute atomic E-state index is 0.102. The summed E-state index contributed by atoms with van der Waals surface area (Å²) in [6.45, 7) is 7.60. The van der Waals surface area contributed by atoms with Crippen LogP contribution in [0.1, 0.15) is 46.1 Å². The molecule has 1 aliphatic heterocycles. The molecule has 0 bridgehead atoms. The smallest absolute Gasteiger partial charge is 0.329 e. The monoisotopic (exact) mass is 436 g/mol. The Labute approximate surface area is 183 Å². The third-order valence-electron chi connectivity index (χ3n) is 4.92. The van der Waals surface area contributed by atoms with E-state index >= 15 is 0 Å².